The third-order valence-corrected chi connectivity index (χ3v) is 6.69. The number of hydrogen-bond donors (Lipinski definition) is 0. The summed E-state index contributed by atoms with van der Waals surface area (Å²) in [5.41, 5.74) is 2.13. The van der Waals surface area contributed by atoms with Crippen molar-refractivity contribution >= 4 is 10.9 Å². The van der Waals surface area contributed by atoms with Crippen LogP contribution in [0, 0.1) is 17.8 Å². The lowest BCUT2D eigenvalue weighted by atomic mass is 9.90. The molecule has 1 fully saturated rings. The van der Waals surface area contributed by atoms with Crippen molar-refractivity contribution in [3.63, 3.8) is 0 Å². The first-order chi connectivity index (χ1) is 15.2. The van der Waals surface area contributed by atoms with E-state index < -0.39 is 0 Å². The zero-order valence-corrected chi connectivity index (χ0v) is 21.4. The highest BCUT2D eigenvalue weighted by Crippen LogP contribution is 2.32. The molecule has 1 aromatic heterocycles. The van der Waals surface area contributed by atoms with Gasteiger partial charge >= 0.3 is 0 Å². The van der Waals surface area contributed by atoms with E-state index in [-0.39, 0.29) is 11.6 Å². The summed E-state index contributed by atoms with van der Waals surface area (Å²) in [5, 5.41) is 0.752. The Balaban J connectivity index is 2.01. The molecule has 178 valence electrons. The van der Waals surface area contributed by atoms with Crippen LogP contribution in [0.3, 0.4) is 0 Å². The third kappa shape index (κ3) is 5.79. The van der Waals surface area contributed by atoms with Gasteiger partial charge in [-0.1, -0.05) is 47.1 Å². The van der Waals surface area contributed by atoms with Crippen LogP contribution < -0.4 is 5.56 Å². The van der Waals surface area contributed by atoms with Gasteiger partial charge in [0.25, 0.3) is 5.56 Å². The standard InChI is InChI=1S/C27H44N4O/c1-8-10-25(30-16-20(5)13-21(6)17-30)26-28-24-12-11-22(18-29(7)15-19(3)4)14-23(24)27(32)31(26)9-2/h11-12,14,19-21,25H,8-10,13,15-18H2,1-7H3/t20-,21+,25?. The van der Waals surface area contributed by atoms with Gasteiger partial charge in [-0.2, -0.15) is 0 Å². The number of nitrogens with zero attached hydrogens (tertiary/aromatic N) is 4. The summed E-state index contributed by atoms with van der Waals surface area (Å²) in [6.07, 6.45) is 3.41. The van der Waals surface area contributed by atoms with Gasteiger partial charge in [0.15, 0.2) is 0 Å². The Morgan fingerprint density at radius 1 is 1.16 bits per heavy atom. The Kier molecular flexibility index (Phi) is 8.51. The maximum atomic E-state index is 13.6. The van der Waals surface area contributed by atoms with Gasteiger partial charge in [-0.3, -0.25) is 14.3 Å². The van der Waals surface area contributed by atoms with Crippen LogP contribution in [0.2, 0.25) is 0 Å². The highest BCUT2D eigenvalue weighted by atomic mass is 16.1. The third-order valence-electron chi connectivity index (χ3n) is 6.69. The molecule has 0 aliphatic carbocycles. The minimum absolute atomic E-state index is 0.111. The summed E-state index contributed by atoms with van der Waals surface area (Å²) < 4.78 is 1.94. The van der Waals surface area contributed by atoms with E-state index in [1.807, 2.05) is 4.57 Å². The first kappa shape index (κ1) is 24.9. The monoisotopic (exact) mass is 440 g/mol. The summed E-state index contributed by atoms with van der Waals surface area (Å²) in [6.45, 7) is 18.2. The van der Waals surface area contributed by atoms with Gasteiger partial charge in [-0.05, 0) is 62.3 Å². The zero-order chi connectivity index (χ0) is 23.4. The molecule has 2 aromatic rings. The SMILES string of the molecule is CCCC(c1nc2ccc(CN(C)CC(C)C)cc2c(=O)n1CC)N1C[C@H](C)C[C@H](C)C1. The number of rotatable bonds is 9. The summed E-state index contributed by atoms with van der Waals surface area (Å²) >= 11 is 0. The Morgan fingerprint density at radius 2 is 1.84 bits per heavy atom. The van der Waals surface area contributed by atoms with Crippen molar-refractivity contribution in [3.05, 3.63) is 39.9 Å². The molecule has 5 nitrogen and oxygen atoms in total. The molecule has 5 heteroatoms. The van der Waals surface area contributed by atoms with Gasteiger partial charge in [0.1, 0.15) is 5.82 Å². The lowest BCUT2D eigenvalue weighted by molar-refractivity contribution is 0.0836. The van der Waals surface area contributed by atoms with Crippen LogP contribution in [0.25, 0.3) is 10.9 Å². The van der Waals surface area contributed by atoms with E-state index in [0.717, 1.165) is 55.7 Å². The van der Waals surface area contributed by atoms with Crippen molar-refractivity contribution in [2.24, 2.45) is 17.8 Å². The molecular formula is C27H44N4O. The Labute approximate surface area is 194 Å². The van der Waals surface area contributed by atoms with Crippen molar-refractivity contribution in [2.75, 3.05) is 26.7 Å². The van der Waals surface area contributed by atoms with E-state index in [1.165, 1.54) is 12.0 Å². The molecule has 0 spiro atoms. The molecule has 1 aromatic carbocycles. The van der Waals surface area contributed by atoms with Crippen LogP contribution in [0.5, 0.6) is 0 Å². The molecule has 0 N–H and O–H groups in total. The molecule has 1 saturated heterocycles. The van der Waals surface area contributed by atoms with Gasteiger partial charge < -0.3 is 4.90 Å². The van der Waals surface area contributed by atoms with Gasteiger partial charge in [0.05, 0.1) is 16.9 Å². The topological polar surface area (TPSA) is 41.4 Å². The molecule has 0 saturated carbocycles. The Bertz CT molecular complexity index is 941. The van der Waals surface area contributed by atoms with Gasteiger partial charge in [0, 0.05) is 32.7 Å². The number of piperidine rings is 1. The van der Waals surface area contributed by atoms with Crippen LogP contribution in [-0.4, -0.2) is 46.0 Å². The number of likely N-dealkylation sites (tertiary alicyclic amines) is 1. The van der Waals surface area contributed by atoms with E-state index >= 15 is 0 Å². The Morgan fingerprint density at radius 3 is 2.44 bits per heavy atom. The molecule has 1 aliphatic rings. The second kappa shape index (κ2) is 10.9. The first-order valence-corrected chi connectivity index (χ1v) is 12.7. The molecule has 0 bridgehead atoms. The average molecular weight is 441 g/mol. The first-order valence-electron chi connectivity index (χ1n) is 12.7. The number of aromatic nitrogens is 2. The van der Waals surface area contributed by atoms with E-state index in [9.17, 15) is 4.79 Å². The van der Waals surface area contributed by atoms with Crippen molar-refractivity contribution in [3.8, 4) is 0 Å². The van der Waals surface area contributed by atoms with Crippen LogP contribution >= 0.6 is 0 Å². The lowest BCUT2D eigenvalue weighted by Crippen LogP contribution is -2.43. The minimum Gasteiger partial charge on any atom is -0.302 e. The quantitative estimate of drug-likeness (QED) is 0.529. The summed E-state index contributed by atoms with van der Waals surface area (Å²) in [4.78, 5) is 23.7. The van der Waals surface area contributed by atoms with Crippen molar-refractivity contribution in [2.45, 2.75) is 79.9 Å². The molecule has 3 rings (SSSR count). The highest BCUT2D eigenvalue weighted by molar-refractivity contribution is 5.78. The molecule has 2 heterocycles. The second-order valence-corrected chi connectivity index (χ2v) is 10.7. The van der Waals surface area contributed by atoms with Crippen molar-refractivity contribution in [1.82, 2.24) is 19.4 Å². The highest BCUT2D eigenvalue weighted by Gasteiger charge is 2.31. The number of benzene rings is 1. The minimum atomic E-state index is 0.111. The van der Waals surface area contributed by atoms with Gasteiger partial charge in [0.2, 0.25) is 0 Å². The summed E-state index contributed by atoms with van der Waals surface area (Å²) in [6, 6.07) is 6.48. The molecule has 0 amide bonds. The van der Waals surface area contributed by atoms with E-state index in [1.54, 1.807) is 0 Å². The molecule has 32 heavy (non-hydrogen) atoms. The van der Waals surface area contributed by atoms with Gasteiger partial charge in [-0.15, -0.1) is 0 Å². The van der Waals surface area contributed by atoms with Crippen LogP contribution in [0.4, 0.5) is 0 Å². The Hall–Kier alpha value is -1.72. The fraction of sp³-hybridized carbons (Fsp3) is 0.704. The summed E-state index contributed by atoms with van der Waals surface area (Å²) in [7, 11) is 2.14. The van der Waals surface area contributed by atoms with Crippen LogP contribution in [0.1, 0.15) is 78.2 Å². The molecule has 0 radical (unpaired) electrons. The maximum absolute atomic E-state index is 13.6. The average Bonchev–Trinajstić information content (AvgIpc) is 2.71. The smallest absolute Gasteiger partial charge is 0.261 e. The maximum Gasteiger partial charge on any atom is 0.261 e. The van der Waals surface area contributed by atoms with E-state index in [2.05, 4.69) is 76.6 Å². The summed E-state index contributed by atoms with van der Waals surface area (Å²) in [5.74, 6) is 2.95. The fourth-order valence-electron chi connectivity index (χ4n) is 5.66. The number of hydrogen-bond acceptors (Lipinski definition) is 4. The van der Waals surface area contributed by atoms with Crippen LogP contribution in [0.15, 0.2) is 23.0 Å². The lowest BCUT2D eigenvalue weighted by Gasteiger charge is -2.40. The van der Waals surface area contributed by atoms with Crippen molar-refractivity contribution < 1.29 is 0 Å². The molecule has 3 atom stereocenters. The molecule has 1 unspecified atom stereocenters. The zero-order valence-electron chi connectivity index (χ0n) is 21.4. The van der Waals surface area contributed by atoms with Crippen LogP contribution in [-0.2, 0) is 13.1 Å². The predicted octanol–water partition coefficient (Wildman–Crippen LogP) is 5.32. The number of fused-ring (bicyclic) bond motifs is 1. The second-order valence-electron chi connectivity index (χ2n) is 10.7. The fourth-order valence-corrected chi connectivity index (χ4v) is 5.66. The normalized spacial score (nSPS) is 21.0. The van der Waals surface area contributed by atoms with E-state index in [0.29, 0.717) is 24.3 Å². The predicted molar refractivity (Wildman–Crippen MR) is 135 cm³/mol. The molecule has 1 aliphatic heterocycles. The van der Waals surface area contributed by atoms with E-state index in [4.69, 9.17) is 4.98 Å². The van der Waals surface area contributed by atoms with Crippen molar-refractivity contribution in [1.29, 1.82) is 0 Å². The largest absolute Gasteiger partial charge is 0.302 e. The van der Waals surface area contributed by atoms with Gasteiger partial charge in [-0.25, -0.2) is 4.98 Å². The molecular weight excluding hydrogens is 396 g/mol.